The van der Waals surface area contributed by atoms with Crippen LogP contribution in [0, 0.1) is 5.82 Å². The Labute approximate surface area is 258 Å². The second-order valence-electron chi connectivity index (χ2n) is 11.2. The number of rotatable bonds is 7. The minimum absolute atomic E-state index is 0.0477. The lowest BCUT2D eigenvalue weighted by atomic mass is 10.0. The van der Waals surface area contributed by atoms with E-state index in [4.69, 9.17) is 15.6 Å². The molecule has 4 heterocycles. The molecule has 0 atom stereocenters. The van der Waals surface area contributed by atoms with Gasteiger partial charge in [0, 0.05) is 43.7 Å². The summed E-state index contributed by atoms with van der Waals surface area (Å²) in [6.07, 6.45) is 3.14. The van der Waals surface area contributed by atoms with Crippen LogP contribution >= 0.6 is 0 Å². The van der Waals surface area contributed by atoms with E-state index in [9.17, 15) is 9.59 Å². The van der Waals surface area contributed by atoms with Gasteiger partial charge in [-0.25, -0.2) is 23.8 Å². The largest absolute Gasteiger partial charge is 0.457 e. The molecule has 3 amide bonds. The van der Waals surface area contributed by atoms with Gasteiger partial charge in [0.25, 0.3) is 0 Å². The lowest BCUT2D eigenvalue weighted by Crippen LogP contribution is -2.50. The van der Waals surface area contributed by atoms with Crippen molar-refractivity contribution >= 4 is 34.5 Å². The van der Waals surface area contributed by atoms with Crippen LogP contribution in [0.5, 0.6) is 11.5 Å². The van der Waals surface area contributed by atoms with Crippen LogP contribution in [-0.2, 0) is 11.3 Å². The number of nitrogens with two attached hydrogens (primary N) is 1. The number of urea groups is 1. The van der Waals surface area contributed by atoms with Crippen molar-refractivity contribution in [1.29, 1.82) is 0 Å². The first-order valence-corrected chi connectivity index (χ1v) is 14.9. The fourth-order valence-electron chi connectivity index (χ4n) is 6.05. The second kappa shape index (κ2) is 12.0. The van der Waals surface area contributed by atoms with E-state index in [1.807, 2.05) is 59.3 Å². The number of piperidine rings is 1. The van der Waals surface area contributed by atoms with Gasteiger partial charge in [0.1, 0.15) is 35.2 Å². The number of halogens is 1. The molecule has 2 aliphatic rings. The highest BCUT2D eigenvalue weighted by atomic mass is 19.1. The molecular weight excluding hydrogens is 575 g/mol. The molecule has 2 saturated heterocycles. The van der Waals surface area contributed by atoms with Crippen LogP contribution in [0.3, 0.4) is 0 Å². The third-order valence-electron chi connectivity index (χ3n) is 8.35. The van der Waals surface area contributed by atoms with Gasteiger partial charge in [0.15, 0.2) is 5.65 Å². The van der Waals surface area contributed by atoms with Gasteiger partial charge < -0.3 is 10.5 Å². The molecule has 0 aliphatic carbocycles. The first-order valence-electron chi connectivity index (χ1n) is 14.9. The van der Waals surface area contributed by atoms with Gasteiger partial charge in [0.05, 0.1) is 17.1 Å². The molecule has 0 unspecified atom stereocenters. The zero-order valence-corrected chi connectivity index (χ0v) is 24.4. The number of benzene rings is 3. The molecule has 2 fully saturated rings. The summed E-state index contributed by atoms with van der Waals surface area (Å²) < 4.78 is 23.0. The third-order valence-corrected chi connectivity index (χ3v) is 8.35. The molecule has 0 saturated carbocycles. The summed E-state index contributed by atoms with van der Waals surface area (Å²) in [6.45, 7) is 1.92. The summed E-state index contributed by atoms with van der Waals surface area (Å²) in [5.41, 5.74) is 9.52. The Morgan fingerprint density at radius 1 is 0.911 bits per heavy atom. The number of carbonyl (C=O) groups excluding carboxylic acids is 2. The fourth-order valence-corrected chi connectivity index (χ4v) is 6.05. The molecule has 0 spiro atoms. The zero-order valence-electron chi connectivity index (χ0n) is 24.4. The van der Waals surface area contributed by atoms with Crippen molar-refractivity contribution in [2.24, 2.45) is 0 Å². The first-order chi connectivity index (χ1) is 21.9. The van der Waals surface area contributed by atoms with Crippen molar-refractivity contribution in [2.75, 3.05) is 30.3 Å². The van der Waals surface area contributed by atoms with Gasteiger partial charge in [-0.05, 0) is 61.4 Å². The number of carbonyl (C=O) groups is 2. The van der Waals surface area contributed by atoms with E-state index < -0.39 is 6.03 Å². The molecule has 7 rings (SSSR count). The standard InChI is InChI=1S/C33H31FN8O3/c34-26-7-4-8-27(41-18-15-28(43)38-33(41)44)25(26)19-40-16-13-22(14-17-40)42-32-29(31(35)36-20-37-32)30(39-42)21-9-11-24(12-10-21)45-23-5-2-1-3-6-23/h1-12,20,22H,13-19H2,(H2,35,36,37)(H,38,43,44). The van der Waals surface area contributed by atoms with E-state index in [1.165, 1.54) is 17.3 Å². The molecule has 12 heteroatoms. The molecule has 2 aromatic heterocycles. The number of anilines is 2. The number of nitrogens with one attached hydrogen (secondary N) is 1. The molecule has 0 radical (unpaired) electrons. The van der Waals surface area contributed by atoms with Gasteiger partial charge >= 0.3 is 6.03 Å². The minimum atomic E-state index is -0.530. The number of ether oxygens (including phenoxy) is 1. The van der Waals surface area contributed by atoms with Crippen LogP contribution in [0.2, 0.25) is 0 Å². The Hall–Kier alpha value is -5.36. The predicted octanol–water partition coefficient (Wildman–Crippen LogP) is 5.29. The Bertz CT molecular complexity index is 1870. The van der Waals surface area contributed by atoms with E-state index in [2.05, 4.69) is 20.2 Å². The Balaban J connectivity index is 1.09. The van der Waals surface area contributed by atoms with Crippen LogP contribution in [0.15, 0.2) is 79.1 Å². The van der Waals surface area contributed by atoms with Crippen LogP contribution in [0.25, 0.3) is 22.3 Å². The van der Waals surface area contributed by atoms with Crippen LogP contribution in [0.1, 0.15) is 30.9 Å². The first kappa shape index (κ1) is 28.4. The highest BCUT2D eigenvalue weighted by Gasteiger charge is 2.30. The third kappa shape index (κ3) is 5.67. The van der Waals surface area contributed by atoms with Crippen LogP contribution < -0.4 is 20.7 Å². The summed E-state index contributed by atoms with van der Waals surface area (Å²) in [7, 11) is 0. The number of nitrogen functional groups attached to an aromatic ring is 1. The number of amides is 3. The molecule has 0 bridgehead atoms. The number of likely N-dealkylation sites (tertiary alicyclic amines) is 1. The number of imide groups is 1. The Morgan fingerprint density at radius 3 is 2.42 bits per heavy atom. The molecule has 5 aromatic rings. The average Bonchev–Trinajstić information content (AvgIpc) is 3.44. The van der Waals surface area contributed by atoms with E-state index in [0.29, 0.717) is 59.2 Å². The SMILES string of the molecule is Nc1ncnc2c1c(-c1ccc(Oc3ccccc3)cc1)nn2C1CCN(Cc2c(F)cccc2N2CCC(=O)NC2=O)CC1. The van der Waals surface area contributed by atoms with Crippen molar-refractivity contribution in [2.45, 2.75) is 31.8 Å². The highest BCUT2D eigenvalue weighted by Crippen LogP contribution is 2.36. The molecule has 3 aromatic carbocycles. The fraction of sp³-hybridized carbons (Fsp3) is 0.242. The monoisotopic (exact) mass is 606 g/mol. The average molecular weight is 607 g/mol. The number of fused-ring (bicyclic) bond motifs is 1. The number of para-hydroxylation sites is 1. The van der Waals surface area contributed by atoms with Crippen LogP contribution in [0.4, 0.5) is 20.7 Å². The topological polar surface area (TPSA) is 131 Å². The maximum atomic E-state index is 15.1. The van der Waals surface area contributed by atoms with Crippen molar-refractivity contribution < 1.29 is 18.7 Å². The molecule has 2 aliphatic heterocycles. The molecule has 11 nitrogen and oxygen atoms in total. The summed E-state index contributed by atoms with van der Waals surface area (Å²) in [5, 5.41) is 8.03. The molecule has 228 valence electrons. The summed E-state index contributed by atoms with van der Waals surface area (Å²) in [6, 6.07) is 21.5. The number of nitrogens with zero attached hydrogens (tertiary/aromatic N) is 6. The van der Waals surface area contributed by atoms with Gasteiger partial charge in [-0.1, -0.05) is 24.3 Å². The Kier molecular flexibility index (Phi) is 7.55. The van der Waals surface area contributed by atoms with E-state index in [1.54, 1.807) is 12.1 Å². The van der Waals surface area contributed by atoms with Crippen molar-refractivity contribution in [3.8, 4) is 22.8 Å². The molecular formula is C33H31FN8O3. The summed E-state index contributed by atoms with van der Waals surface area (Å²) in [5.74, 6) is 1.11. The number of hydrogen-bond donors (Lipinski definition) is 2. The Morgan fingerprint density at radius 2 is 1.67 bits per heavy atom. The number of hydrogen-bond acceptors (Lipinski definition) is 8. The predicted molar refractivity (Wildman–Crippen MR) is 167 cm³/mol. The van der Waals surface area contributed by atoms with Crippen LogP contribution in [-0.4, -0.2) is 56.2 Å². The maximum absolute atomic E-state index is 15.1. The second-order valence-corrected chi connectivity index (χ2v) is 11.2. The lowest BCUT2D eigenvalue weighted by molar-refractivity contribution is -0.120. The quantitative estimate of drug-likeness (QED) is 0.256. The molecule has 45 heavy (non-hydrogen) atoms. The maximum Gasteiger partial charge on any atom is 0.328 e. The van der Waals surface area contributed by atoms with Gasteiger partial charge in [-0.15, -0.1) is 0 Å². The normalized spacial score (nSPS) is 16.2. The van der Waals surface area contributed by atoms with E-state index in [-0.39, 0.29) is 30.7 Å². The summed E-state index contributed by atoms with van der Waals surface area (Å²) >= 11 is 0. The van der Waals surface area contributed by atoms with Gasteiger partial charge in [-0.3, -0.25) is 19.9 Å². The minimum Gasteiger partial charge on any atom is -0.457 e. The van der Waals surface area contributed by atoms with Crippen molar-refractivity contribution in [3.05, 3.63) is 90.5 Å². The van der Waals surface area contributed by atoms with Crippen molar-refractivity contribution in [3.63, 3.8) is 0 Å². The smallest absolute Gasteiger partial charge is 0.328 e. The van der Waals surface area contributed by atoms with E-state index >= 15 is 4.39 Å². The molecule has 3 N–H and O–H groups in total. The highest BCUT2D eigenvalue weighted by molar-refractivity contribution is 6.06. The van der Waals surface area contributed by atoms with Gasteiger partial charge in [-0.2, -0.15) is 5.10 Å². The van der Waals surface area contributed by atoms with Crippen molar-refractivity contribution in [1.82, 2.24) is 30.0 Å². The number of aromatic nitrogens is 4. The van der Waals surface area contributed by atoms with E-state index in [0.717, 1.165) is 24.2 Å². The lowest BCUT2D eigenvalue weighted by Gasteiger charge is -2.34. The van der Waals surface area contributed by atoms with Gasteiger partial charge in [0.2, 0.25) is 5.91 Å². The zero-order chi connectivity index (χ0) is 30.9. The summed E-state index contributed by atoms with van der Waals surface area (Å²) in [4.78, 5) is 36.6.